The van der Waals surface area contributed by atoms with Crippen molar-refractivity contribution < 1.29 is 4.74 Å². The molecule has 16 heavy (non-hydrogen) atoms. The minimum atomic E-state index is 0.695. The van der Waals surface area contributed by atoms with Crippen molar-refractivity contribution in [2.24, 2.45) is 10.9 Å². The number of allylic oxidation sites excluding steroid dienone is 2. The highest BCUT2D eigenvalue weighted by atomic mass is 16.5. The highest BCUT2D eigenvalue weighted by Crippen LogP contribution is 2.28. The van der Waals surface area contributed by atoms with Gasteiger partial charge in [0.2, 0.25) is 0 Å². The fraction of sp³-hybridized carbons (Fsp3) is 0.615. The maximum atomic E-state index is 5.17. The van der Waals surface area contributed by atoms with E-state index in [1.807, 2.05) is 0 Å². The SMILES string of the molecule is C=C(CC1CCC=C(COC)C1)NC=NC. The molecule has 0 radical (unpaired) electrons. The van der Waals surface area contributed by atoms with Gasteiger partial charge in [-0.25, -0.2) is 0 Å². The molecule has 0 heterocycles. The summed E-state index contributed by atoms with van der Waals surface area (Å²) in [4.78, 5) is 3.88. The standard InChI is InChI=1S/C13H22N2O/c1-11(15-10-14-2)7-12-5-4-6-13(8-12)9-16-3/h6,10,12H,1,4-5,7-9H2,2-3H3,(H,14,15). The molecule has 1 unspecified atom stereocenters. The summed E-state index contributed by atoms with van der Waals surface area (Å²) in [5.41, 5.74) is 2.48. The first-order valence-corrected chi connectivity index (χ1v) is 5.78. The zero-order chi connectivity index (χ0) is 11.8. The number of rotatable bonds is 6. The first-order chi connectivity index (χ1) is 7.76. The molecule has 0 amide bonds. The smallest absolute Gasteiger partial charge is 0.0861 e. The summed E-state index contributed by atoms with van der Waals surface area (Å²) in [7, 11) is 3.50. The molecule has 0 fully saturated rings. The third-order valence-electron chi connectivity index (χ3n) is 2.82. The Morgan fingerprint density at radius 3 is 3.25 bits per heavy atom. The Kier molecular flexibility index (Phi) is 5.86. The molecule has 3 heteroatoms. The molecule has 1 aliphatic rings. The molecule has 0 aromatic rings. The van der Waals surface area contributed by atoms with Crippen molar-refractivity contribution in [3.63, 3.8) is 0 Å². The van der Waals surface area contributed by atoms with Crippen LogP contribution in [0.25, 0.3) is 0 Å². The average Bonchev–Trinajstić information content (AvgIpc) is 2.27. The van der Waals surface area contributed by atoms with Crippen LogP contribution in [0.2, 0.25) is 0 Å². The number of hydrogen-bond acceptors (Lipinski definition) is 2. The van der Waals surface area contributed by atoms with Crippen molar-refractivity contribution in [1.29, 1.82) is 0 Å². The van der Waals surface area contributed by atoms with Crippen LogP contribution in [-0.2, 0) is 4.74 Å². The molecule has 0 saturated carbocycles. The van der Waals surface area contributed by atoms with Gasteiger partial charge in [-0.1, -0.05) is 12.7 Å². The van der Waals surface area contributed by atoms with E-state index in [0.717, 1.165) is 25.1 Å². The van der Waals surface area contributed by atoms with Crippen molar-refractivity contribution in [2.45, 2.75) is 25.7 Å². The van der Waals surface area contributed by atoms with E-state index in [-0.39, 0.29) is 0 Å². The van der Waals surface area contributed by atoms with Crippen molar-refractivity contribution >= 4 is 6.34 Å². The summed E-state index contributed by atoms with van der Waals surface area (Å²) in [5, 5.41) is 3.09. The lowest BCUT2D eigenvalue weighted by Gasteiger charge is -2.23. The number of nitrogens with one attached hydrogen (secondary N) is 1. The van der Waals surface area contributed by atoms with E-state index >= 15 is 0 Å². The summed E-state index contributed by atoms with van der Waals surface area (Å²) in [6.07, 6.45) is 8.57. The molecule has 0 spiro atoms. The Bertz CT molecular complexity index is 282. The topological polar surface area (TPSA) is 33.6 Å². The van der Waals surface area contributed by atoms with Crippen LogP contribution in [0, 0.1) is 5.92 Å². The Morgan fingerprint density at radius 1 is 1.75 bits per heavy atom. The van der Waals surface area contributed by atoms with Crippen LogP contribution in [0.5, 0.6) is 0 Å². The number of nitrogens with zero attached hydrogens (tertiary/aromatic N) is 1. The zero-order valence-corrected chi connectivity index (χ0v) is 10.3. The van der Waals surface area contributed by atoms with Crippen LogP contribution in [0.3, 0.4) is 0 Å². The fourth-order valence-corrected chi connectivity index (χ4v) is 2.12. The van der Waals surface area contributed by atoms with Gasteiger partial charge in [0.1, 0.15) is 0 Å². The highest BCUT2D eigenvalue weighted by molar-refractivity contribution is 5.56. The first-order valence-electron chi connectivity index (χ1n) is 5.78. The summed E-state index contributed by atoms with van der Waals surface area (Å²) < 4.78 is 5.17. The second-order valence-electron chi connectivity index (χ2n) is 4.28. The number of methoxy groups -OCH3 is 1. The predicted molar refractivity (Wildman–Crippen MR) is 68.6 cm³/mol. The molecular formula is C13H22N2O. The number of aliphatic imine (C=N–C) groups is 1. The molecule has 3 nitrogen and oxygen atoms in total. The molecule has 0 bridgehead atoms. The van der Waals surface area contributed by atoms with Gasteiger partial charge in [0.25, 0.3) is 0 Å². The van der Waals surface area contributed by atoms with Crippen molar-refractivity contribution in [2.75, 3.05) is 20.8 Å². The van der Waals surface area contributed by atoms with Gasteiger partial charge in [0.15, 0.2) is 0 Å². The largest absolute Gasteiger partial charge is 0.380 e. The van der Waals surface area contributed by atoms with Crippen LogP contribution in [-0.4, -0.2) is 27.1 Å². The number of hydrogen-bond donors (Lipinski definition) is 1. The van der Waals surface area contributed by atoms with Crippen molar-refractivity contribution in [3.8, 4) is 0 Å². The minimum Gasteiger partial charge on any atom is -0.380 e. The first kappa shape index (κ1) is 13.0. The monoisotopic (exact) mass is 222 g/mol. The van der Waals surface area contributed by atoms with Gasteiger partial charge < -0.3 is 10.1 Å². The Labute approximate surface area is 98.3 Å². The normalized spacial score (nSPS) is 20.9. The Morgan fingerprint density at radius 2 is 2.56 bits per heavy atom. The van der Waals surface area contributed by atoms with E-state index in [4.69, 9.17) is 4.74 Å². The van der Waals surface area contributed by atoms with Crippen LogP contribution >= 0.6 is 0 Å². The molecule has 1 N–H and O–H groups in total. The van der Waals surface area contributed by atoms with Gasteiger partial charge in [-0.15, -0.1) is 0 Å². The molecule has 0 aromatic carbocycles. The van der Waals surface area contributed by atoms with Crippen LogP contribution < -0.4 is 5.32 Å². The molecule has 0 saturated heterocycles. The molecule has 90 valence electrons. The molecule has 1 rings (SSSR count). The lowest BCUT2D eigenvalue weighted by Crippen LogP contribution is -2.16. The summed E-state index contributed by atoms with van der Waals surface area (Å²) in [5.74, 6) is 0.695. The van der Waals surface area contributed by atoms with E-state index in [2.05, 4.69) is 23.0 Å². The Hall–Kier alpha value is -1.09. The zero-order valence-electron chi connectivity index (χ0n) is 10.3. The molecule has 0 aliphatic heterocycles. The van der Waals surface area contributed by atoms with Crippen LogP contribution in [0.1, 0.15) is 25.7 Å². The van der Waals surface area contributed by atoms with E-state index in [0.29, 0.717) is 5.92 Å². The highest BCUT2D eigenvalue weighted by Gasteiger charge is 2.16. The van der Waals surface area contributed by atoms with Crippen molar-refractivity contribution in [3.05, 3.63) is 23.9 Å². The maximum Gasteiger partial charge on any atom is 0.0861 e. The van der Waals surface area contributed by atoms with Crippen LogP contribution in [0.15, 0.2) is 28.9 Å². The fourth-order valence-electron chi connectivity index (χ4n) is 2.12. The third kappa shape index (κ3) is 4.62. The second kappa shape index (κ2) is 7.23. The summed E-state index contributed by atoms with van der Waals surface area (Å²) in [6, 6.07) is 0. The van der Waals surface area contributed by atoms with Gasteiger partial charge in [-0.05, 0) is 37.2 Å². The molecule has 0 aromatic heterocycles. The van der Waals surface area contributed by atoms with Gasteiger partial charge in [0.05, 0.1) is 12.9 Å². The number of ether oxygens (including phenoxy) is 1. The minimum absolute atomic E-state index is 0.695. The van der Waals surface area contributed by atoms with E-state index in [9.17, 15) is 0 Å². The van der Waals surface area contributed by atoms with E-state index < -0.39 is 0 Å². The van der Waals surface area contributed by atoms with E-state index in [1.54, 1.807) is 20.5 Å². The van der Waals surface area contributed by atoms with Gasteiger partial charge in [0, 0.05) is 19.9 Å². The lowest BCUT2D eigenvalue weighted by atomic mass is 9.86. The average molecular weight is 222 g/mol. The molecule has 1 aliphatic carbocycles. The summed E-state index contributed by atoms with van der Waals surface area (Å²) in [6.45, 7) is 4.77. The lowest BCUT2D eigenvalue weighted by molar-refractivity contribution is 0.216. The molecule has 1 atom stereocenters. The Balaban J connectivity index is 2.33. The van der Waals surface area contributed by atoms with Gasteiger partial charge >= 0.3 is 0 Å². The van der Waals surface area contributed by atoms with Crippen LogP contribution in [0.4, 0.5) is 0 Å². The maximum absolute atomic E-state index is 5.17. The molecular weight excluding hydrogens is 200 g/mol. The van der Waals surface area contributed by atoms with Gasteiger partial charge in [-0.2, -0.15) is 0 Å². The second-order valence-corrected chi connectivity index (χ2v) is 4.28. The van der Waals surface area contributed by atoms with Crippen molar-refractivity contribution in [1.82, 2.24) is 5.32 Å². The summed E-state index contributed by atoms with van der Waals surface area (Å²) >= 11 is 0. The van der Waals surface area contributed by atoms with E-state index in [1.165, 1.54) is 18.4 Å². The predicted octanol–water partition coefficient (Wildman–Crippen LogP) is 2.51. The third-order valence-corrected chi connectivity index (χ3v) is 2.82. The van der Waals surface area contributed by atoms with Gasteiger partial charge in [-0.3, -0.25) is 4.99 Å². The quantitative estimate of drug-likeness (QED) is 0.425.